The molecule has 3 aromatic rings. The van der Waals surface area contributed by atoms with E-state index in [2.05, 4.69) is 15.0 Å². The van der Waals surface area contributed by atoms with E-state index in [0.29, 0.717) is 37.0 Å². The third-order valence-electron chi connectivity index (χ3n) is 5.20. The van der Waals surface area contributed by atoms with E-state index in [-0.39, 0.29) is 18.2 Å². The molecular formula is C18H18N6O2S2. The van der Waals surface area contributed by atoms with Gasteiger partial charge in [0.25, 0.3) is 0 Å². The molecule has 0 bridgehead atoms. The van der Waals surface area contributed by atoms with Crippen molar-refractivity contribution in [2.24, 2.45) is 0 Å². The first-order valence-electron chi connectivity index (χ1n) is 9.13. The quantitative estimate of drug-likeness (QED) is 0.703. The van der Waals surface area contributed by atoms with Crippen LogP contribution >= 0.6 is 22.7 Å². The Morgan fingerprint density at radius 1 is 1.25 bits per heavy atom. The summed E-state index contributed by atoms with van der Waals surface area (Å²) in [4.78, 5) is 43.2. The maximum absolute atomic E-state index is 12.8. The number of nitrogens with zero attached hydrogens (tertiary/aromatic N) is 5. The van der Waals surface area contributed by atoms with E-state index < -0.39 is 0 Å². The molecule has 2 amide bonds. The SMILES string of the molecule is Nc1ncnc2sc3c(c12)CCN(C(=O)Cc1csc(N2CCCC2=O)n1)C3. The Balaban J connectivity index is 1.31. The van der Waals surface area contributed by atoms with Crippen molar-refractivity contribution in [2.45, 2.75) is 32.2 Å². The standard InChI is InChI=1S/C18H18N6O2S2/c19-16-15-11-3-5-23(7-12(11)28-17(15)21-9-20-16)14(26)6-10-8-27-18(22-10)24-4-1-2-13(24)25/h8-9H,1-7H2,(H2,19,20,21). The van der Waals surface area contributed by atoms with Crippen LogP contribution in [0.5, 0.6) is 0 Å². The number of nitrogens with two attached hydrogens (primary N) is 1. The number of thiophene rings is 1. The molecule has 0 unspecified atom stereocenters. The summed E-state index contributed by atoms with van der Waals surface area (Å²) in [5.74, 6) is 0.670. The van der Waals surface area contributed by atoms with Crippen molar-refractivity contribution in [3.63, 3.8) is 0 Å². The molecule has 3 aromatic heterocycles. The fourth-order valence-electron chi connectivity index (χ4n) is 3.78. The number of fused-ring (bicyclic) bond motifs is 3. The fourth-order valence-corrected chi connectivity index (χ4v) is 5.86. The van der Waals surface area contributed by atoms with E-state index in [1.165, 1.54) is 23.2 Å². The van der Waals surface area contributed by atoms with E-state index in [4.69, 9.17) is 5.73 Å². The van der Waals surface area contributed by atoms with Crippen molar-refractivity contribution in [1.29, 1.82) is 0 Å². The molecule has 5 rings (SSSR count). The first-order valence-corrected chi connectivity index (χ1v) is 10.8. The Bertz CT molecular complexity index is 1090. The zero-order valence-electron chi connectivity index (χ0n) is 15.1. The molecule has 0 aromatic carbocycles. The molecule has 5 heterocycles. The van der Waals surface area contributed by atoms with Crippen LogP contribution in [0.25, 0.3) is 10.2 Å². The number of nitrogen functional groups attached to an aromatic ring is 1. The van der Waals surface area contributed by atoms with E-state index in [0.717, 1.165) is 33.6 Å². The molecule has 2 N–H and O–H groups in total. The number of thiazole rings is 1. The first kappa shape index (κ1) is 17.5. The predicted molar refractivity (Wildman–Crippen MR) is 108 cm³/mol. The van der Waals surface area contributed by atoms with Crippen LogP contribution in [0.15, 0.2) is 11.7 Å². The number of anilines is 2. The summed E-state index contributed by atoms with van der Waals surface area (Å²) in [7, 11) is 0. The molecule has 0 spiro atoms. The van der Waals surface area contributed by atoms with Crippen LogP contribution in [0.3, 0.4) is 0 Å². The second kappa shape index (κ2) is 6.78. The molecule has 2 aliphatic rings. The summed E-state index contributed by atoms with van der Waals surface area (Å²) in [6, 6.07) is 0. The minimum absolute atomic E-state index is 0.0479. The summed E-state index contributed by atoms with van der Waals surface area (Å²) < 4.78 is 0. The number of amides is 2. The van der Waals surface area contributed by atoms with Crippen LogP contribution in [0.1, 0.15) is 29.0 Å². The molecular weight excluding hydrogens is 396 g/mol. The van der Waals surface area contributed by atoms with Gasteiger partial charge in [-0.2, -0.15) is 0 Å². The van der Waals surface area contributed by atoms with Crippen molar-refractivity contribution >= 4 is 55.7 Å². The summed E-state index contributed by atoms with van der Waals surface area (Å²) in [5, 5.41) is 3.52. The molecule has 1 saturated heterocycles. The molecule has 0 aliphatic carbocycles. The van der Waals surface area contributed by atoms with E-state index in [1.807, 2.05) is 10.3 Å². The van der Waals surface area contributed by atoms with Gasteiger partial charge in [-0.1, -0.05) is 0 Å². The van der Waals surface area contributed by atoms with Crippen LogP contribution in [0.4, 0.5) is 10.9 Å². The van der Waals surface area contributed by atoms with Crippen molar-refractivity contribution in [2.75, 3.05) is 23.7 Å². The Labute approximate surface area is 169 Å². The molecule has 10 heteroatoms. The monoisotopic (exact) mass is 414 g/mol. The van der Waals surface area contributed by atoms with Crippen LogP contribution in [0.2, 0.25) is 0 Å². The zero-order chi connectivity index (χ0) is 19.3. The maximum atomic E-state index is 12.8. The Hall–Kier alpha value is -2.59. The molecule has 8 nitrogen and oxygen atoms in total. The first-order chi connectivity index (χ1) is 13.6. The highest BCUT2D eigenvalue weighted by atomic mass is 32.1. The molecule has 1 fully saturated rings. The number of hydrogen-bond acceptors (Lipinski definition) is 8. The van der Waals surface area contributed by atoms with Crippen LogP contribution < -0.4 is 10.6 Å². The van der Waals surface area contributed by atoms with Gasteiger partial charge in [-0.3, -0.25) is 14.5 Å². The Kier molecular flexibility index (Phi) is 4.24. The highest BCUT2D eigenvalue weighted by molar-refractivity contribution is 7.19. The maximum Gasteiger partial charge on any atom is 0.228 e. The second-order valence-corrected chi connectivity index (χ2v) is 8.88. The molecule has 2 aliphatic heterocycles. The smallest absolute Gasteiger partial charge is 0.228 e. The summed E-state index contributed by atoms with van der Waals surface area (Å²) in [6.45, 7) is 1.93. The highest BCUT2D eigenvalue weighted by Crippen LogP contribution is 2.36. The Morgan fingerprint density at radius 2 is 2.14 bits per heavy atom. The summed E-state index contributed by atoms with van der Waals surface area (Å²) in [6.07, 6.45) is 3.93. The minimum Gasteiger partial charge on any atom is -0.383 e. The third kappa shape index (κ3) is 2.92. The van der Waals surface area contributed by atoms with Gasteiger partial charge in [0.1, 0.15) is 17.0 Å². The number of rotatable bonds is 3. The lowest BCUT2D eigenvalue weighted by molar-refractivity contribution is -0.131. The van der Waals surface area contributed by atoms with Gasteiger partial charge >= 0.3 is 0 Å². The second-order valence-electron chi connectivity index (χ2n) is 6.96. The lowest BCUT2D eigenvalue weighted by atomic mass is 10.0. The van der Waals surface area contributed by atoms with Gasteiger partial charge in [-0.05, 0) is 18.4 Å². The largest absolute Gasteiger partial charge is 0.383 e. The lowest BCUT2D eigenvalue weighted by Gasteiger charge is -2.27. The van der Waals surface area contributed by atoms with Crippen LogP contribution in [-0.2, 0) is 29.0 Å². The van der Waals surface area contributed by atoms with E-state index >= 15 is 0 Å². The van der Waals surface area contributed by atoms with Gasteiger partial charge in [0.2, 0.25) is 11.8 Å². The average molecular weight is 415 g/mol. The average Bonchev–Trinajstić information content (AvgIpc) is 3.39. The third-order valence-corrected chi connectivity index (χ3v) is 7.23. The van der Waals surface area contributed by atoms with Gasteiger partial charge in [0, 0.05) is 29.8 Å². The molecule has 0 atom stereocenters. The Morgan fingerprint density at radius 3 is 2.96 bits per heavy atom. The van der Waals surface area contributed by atoms with Crippen molar-refractivity contribution in [3.8, 4) is 0 Å². The molecule has 144 valence electrons. The minimum atomic E-state index is 0.0479. The van der Waals surface area contributed by atoms with Crippen molar-refractivity contribution in [3.05, 3.63) is 27.8 Å². The van der Waals surface area contributed by atoms with E-state index in [1.54, 1.807) is 16.2 Å². The molecule has 0 radical (unpaired) electrons. The summed E-state index contributed by atoms with van der Waals surface area (Å²) >= 11 is 3.01. The number of hydrogen-bond donors (Lipinski definition) is 1. The van der Waals surface area contributed by atoms with Crippen molar-refractivity contribution < 1.29 is 9.59 Å². The van der Waals surface area contributed by atoms with Crippen LogP contribution in [-0.4, -0.2) is 44.8 Å². The van der Waals surface area contributed by atoms with Crippen LogP contribution in [0, 0.1) is 0 Å². The lowest BCUT2D eigenvalue weighted by Crippen LogP contribution is -2.36. The number of carbonyl (C=O) groups excluding carboxylic acids is 2. The van der Waals surface area contributed by atoms with Crippen molar-refractivity contribution in [1.82, 2.24) is 19.9 Å². The topological polar surface area (TPSA) is 105 Å². The number of carbonyl (C=O) groups is 2. The highest BCUT2D eigenvalue weighted by Gasteiger charge is 2.27. The molecule has 28 heavy (non-hydrogen) atoms. The fraction of sp³-hybridized carbons (Fsp3) is 0.389. The van der Waals surface area contributed by atoms with E-state index in [9.17, 15) is 9.59 Å². The molecule has 0 saturated carbocycles. The summed E-state index contributed by atoms with van der Waals surface area (Å²) in [5.41, 5.74) is 7.92. The zero-order valence-corrected chi connectivity index (χ0v) is 16.7. The normalized spacial score (nSPS) is 16.8. The van der Waals surface area contributed by atoms with Gasteiger partial charge in [-0.15, -0.1) is 22.7 Å². The predicted octanol–water partition coefficient (Wildman–Crippen LogP) is 1.98. The van der Waals surface area contributed by atoms with Gasteiger partial charge in [-0.25, -0.2) is 15.0 Å². The van der Waals surface area contributed by atoms with Gasteiger partial charge < -0.3 is 10.6 Å². The van der Waals surface area contributed by atoms with Gasteiger partial charge in [0.15, 0.2) is 5.13 Å². The van der Waals surface area contributed by atoms with Gasteiger partial charge in [0.05, 0.1) is 24.0 Å². The number of aromatic nitrogens is 3.